The van der Waals surface area contributed by atoms with Gasteiger partial charge < -0.3 is 10.0 Å². The molecule has 0 bridgehead atoms. The van der Waals surface area contributed by atoms with E-state index in [0.29, 0.717) is 0 Å². The molecule has 0 spiro atoms. The molecule has 0 aliphatic heterocycles. The highest BCUT2D eigenvalue weighted by Crippen LogP contribution is 2.18. The highest BCUT2D eigenvalue weighted by molar-refractivity contribution is 5.91. The SMILES string of the molecule is CC(=O)N(CCC(=O)O)c1ccc(F)c(F)c1. The van der Waals surface area contributed by atoms with Crippen LogP contribution in [0.1, 0.15) is 13.3 Å². The Morgan fingerprint density at radius 2 is 1.94 bits per heavy atom. The van der Waals surface area contributed by atoms with Crippen molar-refractivity contribution in [2.75, 3.05) is 11.4 Å². The maximum absolute atomic E-state index is 13.0. The molecule has 0 aliphatic carbocycles. The zero-order chi connectivity index (χ0) is 13.0. The van der Waals surface area contributed by atoms with E-state index in [9.17, 15) is 18.4 Å². The molecule has 0 radical (unpaired) electrons. The lowest BCUT2D eigenvalue weighted by Gasteiger charge is -2.20. The van der Waals surface area contributed by atoms with Crippen LogP contribution in [0.3, 0.4) is 0 Å². The second kappa shape index (κ2) is 5.38. The first-order valence-corrected chi connectivity index (χ1v) is 4.86. The van der Waals surface area contributed by atoms with Crippen LogP contribution < -0.4 is 4.90 Å². The smallest absolute Gasteiger partial charge is 0.305 e. The first kappa shape index (κ1) is 13.1. The molecule has 6 heteroatoms. The number of benzene rings is 1. The van der Waals surface area contributed by atoms with Crippen LogP contribution in [0.5, 0.6) is 0 Å². The maximum Gasteiger partial charge on any atom is 0.305 e. The van der Waals surface area contributed by atoms with Gasteiger partial charge in [-0.05, 0) is 12.1 Å². The number of halogens is 2. The van der Waals surface area contributed by atoms with Crippen molar-refractivity contribution in [3.05, 3.63) is 29.8 Å². The topological polar surface area (TPSA) is 57.6 Å². The number of amides is 1. The van der Waals surface area contributed by atoms with Crippen LogP contribution in [0.4, 0.5) is 14.5 Å². The van der Waals surface area contributed by atoms with E-state index in [1.54, 1.807) is 0 Å². The molecule has 0 heterocycles. The zero-order valence-corrected chi connectivity index (χ0v) is 9.11. The fraction of sp³-hybridized carbons (Fsp3) is 0.273. The monoisotopic (exact) mass is 243 g/mol. The highest BCUT2D eigenvalue weighted by atomic mass is 19.2. The van der Waals surface area contributed by atoms with Gasteiger partial charge in [-0.15, -0.1) is 0 Å². The van der Waals surface area contributed by atoms with E-state index >= 15 is 0 Å². The molecule has 0 saturated carbocycles. The Morgan fingerprint density at radius 3 is 2.41 bits per heavy atom. The summed E-state index contributed by atoms with van der Waals surface area (Å²) in [4.78, 5) is 22.8. The van der Waals surface area contributed by atoms with Gasteiger partial charge in [-0.3, -0.25) is 9.59 Å². The van der Waals surface area contributed by atoms with Gasteiger partial charge in [-0.1, -0.05) is 0 Å². The molecule has 0 atom stereocenters. The molecule has 0 unspecified atom stereocenters. The second-order valence-corrected chi connectivity index (χ2v) is 3.41. The largest absolute Gasteiger partial charge is 0.481 e. The Labute approximate surface area is 96.5 Å². The van der Waals surface area contributed by atoms with Gasteiger partial charge in [0, 0.05) is 25.2 Å². The van der Waals surface area contributed by atoms with Gasteiger partial charge in [0.25, 0.3) is 0 Å². The van der Waals surface area contributed by atoms with Crippen LogP contribution in [0.2, 0.25) is 0 Å². The van der Waals surface area contributed by atoms with Gasteiger partial charge in [-0.2, -0.15) is 0 Å². The molecule has 1 amide bonds. The van der Waals surface area contributed by atoms with Crippen molar-refractivity contribution in [3.8, 4) is 0 Å². The summed E-state index contributed by atoms with van der Waals surface area (Å²) in [5.74, 6) is -3.60. The third-order valence-corrected chi connectivity index (χ3v) is 2.14. The van der Waals surface area contributed by atoms with Crippen molar-refractivity contribution < 1.29 is 23.5 Å². The summed E-state index contributed by atoms with van der Waals surface area (Å²) in [7, 11) is 0. The van der Waals surface area contributed by atoms with Gasteiger partial charge in [0.05, 0.1) is 6.42 Å². The number of carboxylic acid groups (broad SMARTS) is 1. The van der Waals surface area contributed by atoms with Crippen molar-refractivity contribution >= 4 is 17.6 Å². The summed E-state index contributed by atoms with van der Waals surface area (Å²) in [5, 5.41) is 8.52. The number of aliphatic carboxylic acids is 1. The fourth-order valence-electron chi connectivity index (χ4n) is 1.33. The van der Waals surface area contributed by atoms with Crippen LogP contribution in [0, 0.1) is 11.6 Å². The van der Waals surface area contributed by atoms with E-state index in [1.807, 2.05) is 0 Å². The molecule has 4 nitrogen and oxygen atoms in total. The number of rotatable bonds is 4. The Balaban J connectivity index is 2.93. The number of carboxylic acids is 1. The summed E-state index contributed by atoms with van der Waals surface area (Å²) in [6, 6.07) is 2.97. The van der Waals surface area contributed by atoms with E-state index in [4.69, 9.17) is 5.11 Å². The summed E-state index contributed by atoms with van der Waals surface area (Å²) in [5.41, 5.74) is 0.137. The number of anilines is 1. The third kappa shape index (κ3) is 3.51. The molecule has 0 fully saturated rings. The minimum Gasteiger partial charge on any atom is -0.481 e. The molecule has 1 aromatic rings. The van der Waals surface area contributed by atoms with E-state index < -0.39 is 23.5 Å². The van der Waals surface area contributed by atoms with Crippen molar-refractivity contribution in [2.45, 2.75) is 13.3 Å². The van der Waals surface area contributed by atoms with Crippen molar-refractivity contribution in [3.63, 3.8) is 0 Å². The van der Waals surface area contributed by atoms with Gasteiger partial charge in [0.2, 0.25) is 5.91 Å². The maximum atomic E-state index is 13.0. The van der Waals surface area contributed by atoms with Crippen LogP contribution >= 0.6 is 0 Å². The predicted octanol–water partition coefficient (Wildman–Crippen LogP) is 1.79. The van der Waals surface area contributed by atoms with E-state index in [0.717, 1.165) is 17.0 Å². The number of carbonyl (C=O) groups excluding carboxylic acids is 1. The predicted molar refractivity (Wildman–Crippen MR) is 56.6 cm³/mol. The molecule has 1 aromatic carbocycles. The summed E-state index contributed by atoms with van der Waals surface area (Å²) >= 11 is 0. The lowest BCUT2D eigenvalue weighted by Crippen LogP contribution is -2.30. The Hall–Kier alpha value is -1.98. The highest BCUT2D eigenvalue weighted by Gasteiger charge is 2.14. The molecule has 92 valence electrons. The van der Waals surface area contributed by atoms with Gasteiger partial charge in [-0.25, -0.2) is 8.78 Å². The minimum atomic E-state index is -1.08. The molecule has 0 aromatic heterocycles. The molecule has 0 saturated heterocycles. The molecule has 17 heavy (non-hydrogen) atoms. The Kier molecular flexibility index (Phi) is 4.14. The van der Waals surface area contributed by atoms with Crippen LogP contribution in [0.25, 0.3) is 0 Å². The van der Waals surface area contributed by atoms with E-state index in [2.05, 4.69) is 0 Å². The summed E-state index contributed by atoms with van der Waals surface area (Å²) in [6.07, 6.45) is -0.265. The molecular formula is C11H11F2NO3. The first-order valence-electron chi connectivity index (χ1n) is 4.86. The first-order chi connectivity index (χ1) is 7.91. The number of nitrogens with zero attached hydrogens (tertiary/aromatic N) is 1. The molecule has 1 N–H and O–H groups in total. The molecule has 0 aliphatic rings. The van der Waals surface area contributed by atoms with Crippen molar-refractivity contribution in [1.82, 2.24) is 0 Å². The Bertz CT molecular complexity index is 448. The third-order valence-electron chi connectivity index (χ3n) is 2.14. The fourth-order valence-corrected chi connectivity index (χ4v) is 1.33. The summed E-state index contributed by atoms with van der Waals surface area (Å²) < 4.78 is 25.7. The average molecular weight is 243 g/mol. The normalized spacial score (nSPS) is 10.1. The van der Waals surface area contributed by atoms with Gasteiger partial charge >= 0.3 is 5.97 Å². The van der Waals surface area contributed by atoms with E-state index in [1.165, 1.54) is 13.0 Å². The lowest BCUT2D eigenvalue weighted by molar-refractivity contribution is -0.136. The van der Waals surface area contributed by atoms with Crippen LogP contribution in [0.15, 0.2) is 18.2 Å². The number of hydrogen-bond donors (Lipinski definition) is 1. The second-order valence-electron chi connectivity index (χ2n) is 3.41. The lowest BCUT2D eigenvalue weighted by atomic mass is 10.2. The van der Waals surface area contributed by atoms with Gasteiger partial charge in [0.15, 0.2) is 11.6 Å². The van der Waals surface area contributed by atoms with Crippen molar-refractivity contribution in [1.29, 1.82) is 0 Å². The average Bonchev–Trinajstić information content (AvgIpc) is 2.22. The number of carbonyl (C=O) groups is 2. The van der Waals surface area contributed by atoms with Crippen LogP contribution in [-0.4, -0.2) is 23.5 Å². The quantitative estimate of drug-likeness (QED) is 0.877. The molecule has 1 rings (SSSR count). The van der Waals surface area contributed by atoms with E-state index in [-0.39, 0.29) is 18.7 Å². The van der Waals surface area contributed by atoms with Gasteiger partial charge in [0.1, 0.15) is 0 Å². The van der Waals surface area contributed by atoms with Crippen LogP contribution in [-0.2, 0) is 9.59 Å². The van der Waals surface area contributed by atoms with Crippen molar-refractivity contribution in [2.24, 2.45) is 0 Å². The Morgan fingerprint density at radius 1 is 1.29 bits per heavy atom. The molecular weight excluding hydrogens is 232 g/mol. The number of hydrogen-bond acceptors (Lipinski definition) is 2. The standard InChI is InChI=1S/C11H11F2NO3/c1-7(15)14(5-4-11(16)17)8-2-3-9(12)10(13)6-8/h2-3,6H,4-5H2,1H3,(H,16,17). The minimum absolute atomic E-state index is 0.0876. The summed E-state index contributed by atoms with van der Waals surface area (Å²) in [6.45, 7) is 1.14. The zero-order valence-electron chi connectivity index (χ0n) is 9.11.